The van der Waals surface area contributed by atoms with Gasteiger partial charge in [0.15, 0.2) is 16.6 Å². The molecular weight excluding hydrogens is 514 g/mol. The van der Waals surface area contributed by atoms with E-state index in [0.717, 1.165) is 4.70 Å². The lowest BCUT2D eigenvalue weighted by atomic mass is 9.95. The van der Waals surface area contributed by atoms with Crippen molar-refractivity contribution >= 4 is 55.7 Å². The van der Waals surface area contributed by atoms with Gasteiger partial charge in [-0.1, -0.05) is 29.0 Å². The van der Waals surface area contributed by atoms with Crippen LogP contribution in [-0.4, -0.2) is 40.0 Å². The van der Waals surface area contributed by atoms with Crippen LogP contribution in [0.1, 0.15) is 31.0 Å². The van der Waals surface area contributed by atoms with Gasteiger partial charge < -0.3 is 14.6 Å². The second kappa shape index (κ2) is 10.2. The molecule has 2 aromatic carbocycles. The van der Waals surface area contributed by atoms with Gasteiger partial charge >= 0.3 is 5.91 Å². The quantitative estimate of drug-likeness (QED) is 0.182. The van der Waals surface area contributed by atoms with Crippen molar-refractivity contribution in [2.75, 3.05) is 18.1 Å². The maximum Gasteiger partial charge on any atom is 0.301 e. The molecule has 1 N–H and O–H groups in total. The van der Waals surface area contributed by atoms with Gasteiger partial charge in [0.2, 0.25) is 0 Å². The predicted octanol–water partition coefficient (Wildman–Crippen LogP) is 5.77. The van der Waals surface area contributed by atoms with Gasteiger partial charge in [0, 0.05) is 23.0 Å². The van der Waals surface area contributed by atoms with E-state index in [0.29, 0.717) is 51.5 Å². The number of halogens is 1. The standard InChI is InChI=1S/C27H22ClN3O5S/c1-3-35-19-8-5-16(13-20(19)36-4-2)23-22(24(32)15-9-11-29-12-10-15)25(33)26(34)31(23)27-30-18-7-6-17(28)14-21(18)37-27/h5-14,23,32H,3-4H2,1-2H3. The zero-order valence-corrected chi connectivity index (χ0v) is 21.5. The zero-order chi connectivity index (χ0) is 26.1. The third-order valence-electron chi connectivity index (χ3n) is 5.83. The van der Waals surface area contributed by atoms with Crippen LogP contribution in [0.4, 0.5) is 5.13 Å². The number of Topliss-reactive ketones (excluding diaryl/α,β-unsaturated/α-hetero) is 1. The van der Waals surface area contributed by atoms with Crippen molar-refractivity contribution in [2.24, 2.45) is 0 Å². The molecule has 0 aliphatic carbocycles. The molecule has 188 valence electrons. The highest BCUT2D eigenvalue weighted by molar-refractivity contribution is 7.22. The average molecular weight is 536 g/mol. The van der Waals surface area contributed by atoms with Gasteiger partial charge in [-0.3, -0.25) is 19.5 Å². The van der Waals surface area contributed by atoms with Crippen molar-refractivity contribution in [3.63, 3.8) is 0 Å². The number of carbonyl (C=O) groups excluding carboxylic acids is 2. The van der Waals surface area contributed by atoms with E-state index in [4.69, 9.17) is 21.1 Å². The number of pyridine rings is 1. The van der Waals surface area contributed by atoms with Crippen molar-refractivity contribution in [1.29, 1.82) is 0 Å². The molecule has 5 rings (SSSR count). The molecule has 0 saturated carbocycles. The molecule has 37 heavy (non-hydrogen) atoms. The van der Waals surface area contributed by atoms with E-state index in [1.54, 1.807) is 48.5 Å². The molecule has 4 aromatic rings. The van der Waals surface area contributed by atoms with E-state index >= 15 is 0 Å². The molecule has 1 unspecified atom stereocenters. The molecule has 1 amide bonds. The van der Waals surface area contributed by atoms with Gasteiger partial charge in [-0.2, -0.15) is 0 Å². The van der Waals surface area contributed by atoms with Crippen molar-refractivity contribution in [2.45, 2.75) is 19.9 Å². The lowest BCUT2D eigenvalue weighted by Crippen LogP contribution is -2.29. The molecule has 3 heterocycles. The number of aliphatic hydroxyl groups is 1. The van der Waals surface area contributed by atoms with Crippen LogP contribution < -0.4 is 14.4 Å². The second-order valence-electron chi connectivity index (χ2n) is 8.09. The number of aliphatic hydroxyl groups excluding tert-OH is 1. The van der Waals surface area contributed by atoms with Gasteiger partial charge in [-0.05, 0) is 61.9 Å². The molecule has 0 spiro atoms. The Bertz CT molecular complexity index is 1540. The Labute approximate surface area is 221 Å². The highest BCUT2D eigenvalue weighted by atomic mass is 35.5. The minimum Gasteiger partial charge on any atom is -0.507 e. The number of hydrogen-bond donors (Lipinski definition) is 1. The fourth-order valence-corrected chi connectivity index (χ4v) is 5.51. The van der Waals surface area contributed by atoms with E-state index in [1.807, 2.05) is 13.8 Å². The number of aromatic nitrogens is 2. The summed E-state index contributed by atoms with van der Waals surface area (Å²) in [5.74, 6) is -0.911. The summed E-state index contributed by atoms with van der Waals surface area (Å²) in [5.41, 5.74) is 1.50. The minimum absolute atomic E-state index is 0.0555. The first kappa shape index (κ1) is 24.7. The molecule has 1 fully saturated rings. The van der Waals surface area contributed by atoms with Crippen molar-refractivity contribution in [3.8, 4) is 11.5 Å². The highest BCUT2D eigenvalue weighted by Gasteiger charge is 2.48. The predicted molar refractivity (Wildman–Crippen MR) is 142 cm³/mol. The number of ketones is 1. The first-order valence-electron chi connectivity index (χ1n) is 11.6. The van der Waals surface area contributed by atoms with Crippen LogP contribution in [0.25, 0.3) is 16.0 Å². The number of carbonyl (C=O) groups is 2. The number of amides is 1. The number of nitrogens with zero attached hydrogens (tertiary/aromatic N) is 3. The molecule has 1 aliphatic rings. The van der Waals surface area contributed by atoms with Crippen molar-refractivity contribution < 1.29 is 24.2 Å². The van der Waals surface area contributed by atoms with Gasteiger partial charge in [-0.15, -0.1) is 0 Å². The smallest absolute Gasteiger partial charge is 0.301 e. The highest BCUT2D eigenvalue weighted by Crippen LogP contribution is 2.46. The van der Waals surface area contributed by atoms with Crippen LogP contribution in [-0.2, 0) is 9.59 Å². The molecule has 10 heteroatoms. The Hall–Kier alpha value is -3.95. The van der Waals surface area contributed by atoms with Crippen molar-refractivity contribution in [1.82, 2.24) is 9.97 Å². The summed E-state index contributed by atoms with van der Waals surface area (Å²) in [6.07, 6.45) is 3.00. The molecule has 1 aliphatic heterocycles. The lowest BCUT2D eigenvalue weighted by molar-refractivity contribution is -0.132. The lowest BCUT2D eigenvalue weighted by Gasteiger charge is -2.24. The van der Waals surface area contributed by atoms with Crippen LogP contribution in [0.2, 0.25) is 5.02 Å². The van der Waals surface area contributed by atoms with Crippen LogP contribution in [0.15, 0.2) is 66.5 Å². The third kappa shape index (κ3) is 4.52. The van der Waals surface area contributed by atoms with E-state index in [-0.39, 0.29) is 11.3 Å². The number of fused-ring (bicyclic) bond motifs is 1. The summed E-state index contributed by atoms with van der Waals surface area (Å²) in [7, 11) is 0. The first-order chi connectivity index (χ1) is 17.9. The third-order valence-corrected chi connectivity index (χ3v) is 7.08. The number of thiazole rings is 1. The molecule has 2 aromatic heterocycles. The Morgan fingerprint density at radius 1 is 1.03 bits per heavy atom. The fourth-order valence-electron chi connectivity index (χ4n) is 4.24. The summed E-state index contributed by atoms with van der Waals surface area (Å²) < 4.78 is 12.3. The van der Waals surface area contributed by atoms with Crippen LogP contribution in [0, 0.1) is 0 Å². The maximum atomic E-state index is 13.5. The van der Waals surface area contributed by atoms with Gasteiger partial charge in [0.25, 0.3) is 5.78 Å². The van der Waals surface area contributed by atoms with Gasteiger partial charge in [0.05, 0.1) is 35.0 Å². The Morgan fingerprint density at radius 2 is 1.76 bits per heavy atom. The molecule has 0 bridgehead atoms. The Balaban J connectivity index is 1.73. The Morgan fingerprint density at radius 3 is 2.49 bits per heavy atom. The number of ether oxygens (including phenoxy) is 2. The monoisotopic (exact) mass is 535 g/mol. The van der Waals surface area contributed by atoms with Crippen LogP contribution in [0.5, 0.6) is 11.5 Å². The van der Waals surface area contributed by atoms with Crippen LogP contribution in [0.3, 0.4) is 0 Å². The number of hydrogen-bond acceptors (Lipinski definition) is 8. The minimum atomic E-state index is -0.959. The molecule has 0 radical (unpaired) electrons. The normalized spacial score (nSPS) is 16.9. The SMILES string of the molecule is CCOc1ccc(C2C(=C(O)c3ccncc3)C(=O)C(=O)N2c2nc3ccc(Cl)cc3s2)cc1OCC. The largest absolute Gasteiger partial charge is 0.507 e. The molecule has 1 atom stereocenters. The van der Waals surface area contributed by atoms with Gasteiger partial charge in [-0.25, -0.2) is 4.98 Å². The van der Waals surface area contributed by atoms with Gasteiger partial charge in [0.1, 0.15) is 5.76 Å². The molecule has 8 nitrogen and oxygen atoms in total. The summed E-state index contributed by atoms with van der Waals surface area (Å²) in [5, 5.41) is 12.1. The number of rotatable bonds is 7. The molecular formula is C27H22ClN3O5S. The summed E-state index contributed by atoms with van der Waals surface area (Å²) in [6.45, 7) is 4.55. The van der Waals surface area contributed by atoms with Crippen LogP contribution >= 0.6 is 22.9 Å². The Kier molecular flexibility index (Phi) is 6.82. The zero-order valence-electron chi connectivity index (χ0n) is 20.0. The van der Waals surface area contributed by atoms with E-state index in [1.165, 1.54) is 28.6 Å². The van der Waals surface area contributed by atoms with Crippen molar-refractivity contribution in [3.05, 3.63) is 82.6 Å². The first-order valence-corrected chi connectivity index (χ1v) is 12.8. The summed E-state index contributed by atoms with van der Waals surface area (Å²) in [6, 6.07) is 12.6. The van der Waals surface area contributed by atoms with E-state index < -0.39 is 17.7 Å². The van der Waals surface area contributed by atoms with E-state index in [2.05, 4.69) is 9.97 Å². The summed E-state index contributed by atoms with van der Waals surface area (Å²) in [4.78, 5) is 36.8. The number of anilines is 1. The fraction of sp³-hybridized carbons (Fsp3) is 0.185. The topological polar surface area (TPSA) is 102 Å². The second-order valence-corrected chi connectivity index (χ2v) is 9.53. The van der Waals surface area contributed by atoms with E-state index in [9.17, 15) is 14.7 Å². The number of benzene rings is 2. The summed E-state index contributed by atoms with van der Waals surface area (Å²) >= 11 is 7.39. The molecule has 1 saturated heterocycles. The average Bonchev–Trinajstić information content (AvgIpc) is 3.43. The maximum absolute atomic E-state index is 13.5.